The van der Waals surface area contributed by atoms with Crippen molar-refractivity contribution in [2.45, 2.75) is 30.7 Å². The van der Waals surface area contributed by atoms with Gasteiger partial charge in [0, 0.05) is 24.6 Å². The minimum atomic E-state index is -1.44. The number of fused-ring (bicyclic) bond motifs is 1. The van der Waals surface area contributed by atoms with Gasteiger partial charge in [-0.25, -0.2) is 4.79 Å². The lowest BCUT2D eigenvalue weighted by Crippen LogP contribution is -2.60. The van der Waals surface area contributed by atoms with Crippen molar-refractivity contribution in [3.05, 3.63) is 34.7 Å². The molecule has 0 aliphatic carbocycles. The number of ether oxygens (including phenoxy) is 4. The molecule has 1 fully saturated rings. The third-order valence-electron chi connectivity index (χ3n) is 4.24. The summed E-state index contributed by atoms with van der Waals surface area (Å²) in [6.07, 6.45) is -5.87. The number of benzene rings is 1. The predicted octanol–water partition coefficient (Wildman–Crippen LogP) is -0.366. The molecule has 0 spiro atoms. The summed E-state index contributed by atoms with van der Waals surface area (Å²) in [6, 6.07) is 5.88. The summed E-state index contributed by atoms with van der Waals surface area (Å²) in [4.78, 5) is 11.4. The summed E-state index contributed by atoms with van der Waals surface area (Å²) in [5, 5.41) is 30.5. The average Bonchev–Trinajstić information content (AvgIpc) is 2.64. The van der Waals surface area contributed by atoms with Gasteiger partial charge in [0.05, 0.1) is 13.7 Å². The fourth-order valence-corrected chi connectivity index (χ4v) is 2.89. The van der Waals surface area contributed by atoms with Crippen LogP contribution in [0.4, 0.5) is 0 Å². The van der Waals surface area contributed by atoms with Crippen LogP contribution < -0.4 is 15.1 Å². The topological polar surface area (TPSA) is 128 Å². The highest BCUT2D eigenvalue weighted by Gasteiger charge is 2.46. The molecule has 1 aromatic carbocycles. The summed E-state index contributed by atoms with van der Waals surface area (Å²) in [7, 11) is 2.76. The Morgan fingerprint density at radius 1 is 1.12 bits per heavy atom. The van der Waals surface area contributed by atoms with Crippen LogP contribution in [0, 0.1) is 0 Å². The van der Waals surface area contributed by atoms with E-state index in [-0.39, 0.29) is 11.3 Å². The zero-order valence-electron chi connectivity index (χ0n) is 14.2. The lowest BCUT2D eigenvalue weighted by atomic mass is 9.99. The highest BCUT2D eigenvalue weighted by atomic mass is 16.7. The van der Waals surface area contributed by atoms with E-state index in [4.69, 9.17) is 23.4 Å². The van der Waals surface area contributed by atoms with Crippen LogP contribution in [0.1, 0.15) is 0 Å². The summed E-state index contributed by atoms with van der Waals surface area (Å²) in [6.45, 7) is -0.439. The monoisotopic (exact) mass is 368 g/mol. The number of aliphatic hydroxyl groups excluding tert-OH is 3. The van der Waals surface area contributed by atoms with E-state index in [9.17, 15) is 20.1 Å². The molecule has 26 heavy (non-hydrogen) atoms. The fourth-order valence-electron chi connectivity index (χ4n) is 2.89. The maximum Gasteiger partial charge on any atom is 0.336 e. The lowest BCUT2D eigenvalue weighted by Gasteiger charge is -2.41. The molecular formula is C17H20O9. The van der Waals surface area contributed by atoms with Crippen LogP contribution >= 0.6 is 0 Å². The summed E-state index contributed by atoms with van der Waals surface area (Å²) >= 11 is 0. The summed E-state index contributed by atoms with van der Waals surface area (Å²) < 4.78 is 26.6. The Balaban J connectivity index is 1.93. The van der Waals surface area contributed by atoms with E-state index in [2.05, 4.69) is 0 Å². The Bertz CT molecular complexity index is 815. The van der Waals surface area contributed by atoms with Gasteiger partial charge in [0.1, 0.15) is 30.0 Å². The van der Waals surface area contributed by atoms with Crippen molar-refractivity contribution in [3.63, 3.8) is 0 Å². The zero-order valence-corrected chi connectivity index (χ0v) is 14.2. The molecule has 1 aliphatic heterocycles. The third kappa shape index (κ3) is 3.39. The maximum absolute atomic E-state index is 11.4. The van der Waals surface area contributed by atoms with Crippen LogP contribution in [-0.4, -0.2) is 66.9 Å². The van der Waals surface area contributed by atoms with Crippen molar-refractivity contribution >= 4 is 11.0 Å². The van der Waals surface area contributed by atoms with Crippen LogP contribution in [0.15, 0.2) is 33.5 Å². The van der Waals surface area contributed by atoms with Gasteiger partial charge in [-0.3, -0.25) is 0 Å². The minimum absolute atomic E-state index is 0.137. The first-order valence-corrected chi connectivity index (χ1v) is 7.92. The smallest absolute Gasteiger partial charge is 0.336 e. The van der Waals surface area contributed by atoms with E-state index in [1.54, 1.807) is 12.1 Å². The molecule has 0 bridgehead atoms. The Morgan fingerprint density at radius 2 is 1.88 bits per heavy atom. The molecule has 1 aromatic heterocycles. The van der Waals surface area contributed by atoms with Gasteiger partial charge in [-0.2, -0.15) is 0 Å². The molecule has 9 nitrogen and oxygen atoms in total. The van der Waals surface area contributed by atoms with Gasteiger partial charge in [-0.05, 0) is 12.1 Å². The van der Waals surface area contributed by atoms with Gasteiger partial charge >= 0.3 is 5.63 Å². The first kappa shape index (κ1) is 18.6. The van der Waals surface area contributed by atoms with E-state index in [1.165, 1.54) is 26.4 Å². The number of aliphatic hydroxyl groups is 3. The average molecular weight is 368 g/mol. The number of hydrogen-bond acceptors (Lipinski definition) is 9. The van der Waals surface area contributed by atoms with Crippen LogP contribution in [-0.2, 0) is 9.47 Å². The highest BCUT2D eigenvalue weighted by molar-refractivity contribution is 5.80. The maximum atomic E-state index is 11.4. The van der Waals surface area contributed by atoms with Crippen molar-refractivity contribution in [1.82, 2.24) is 0 Å². The molecule has 1 aliphatic rings. The van der Waals surface area contributed by atoms with Crippen molar-refractivity contribution in [2.75, 3.05) is 20.8 Å². The first-order valence-electron chi connectivity index (χ1n) is 7.92. The summed E-state index contributed by atoms with van der Waals surface area (Å²) in [5.41, 5.74) is -0.270. The minimum Gasteiger partial charge on any atom is -0.493 e. The van der Waals surface area contributed by atoms with Gasteiger partial charge in [-0.1, -0.05) is 0 Å². The first-order chi connectivity index (χ1) is 12.5. The molecule has 0 amide bonds. The second-order valence-corrected chi connectivity index (χ2v) is 5.82. The number of hydrogen-bond donors (Lipinski definition) is 3. The van der Waals surface area contributed by atoms with E-state index in [0.29, 0.717) is 11.1 Å². The second kappa shape index (κ2) is 7.60. The standard InChI is InChI=1S/C17H20O9/c1-22-10-5-8-3-4-13(19)24-9(8)6-11(10)25-17-15(21)14(20)16(23-2)12(7-18)26-17/h3-6,12,14-18,20-21H,7H2,1-2H3/t12-,14-,15-,16-,17-/m1/s1. The molecule has 0 unspecified atom stereocenters. The van der Waals surface area contributed by atoms with Crippen molar-refractivity contribution in [2.24, 2.45) is 0 Å². The third-order valence-corrected chi connectivity index (χ3v) is 4.24. The highest BCUT2D eigenvalue weighted by Crippen LogP contribution is 2.34. The Labute approximate surface area is 148 Å². The second-order valence-electron chi connectivity index (χ2n) is 5.82. The van der Waals surface area contributed by atoms with Gasteiger partial charge in [0.2, 0.25) is 6.29 Å². The van der Waals surface area contributed by atoms with E-state index >= 15 is 0 Å². The Morgan fingerprint density at radius 3 is 2.54 bits per heavy atom. The van der Waals surface area contributed by atoms with Gasteiger partial charge < -0.3 is 38.7 Å². The zero-order chi connectivity index (χ0) is 18.8. The van der Waals surface area contributed by atoms with Crippen molar-refractivity contribution < 1.29 is 38.7 Å². The van der Waals surface area contributed by atoms with E-state index in [0.717, 1.165) is 0 Å². The number of methoxy groups -OCH3 is 2. The Kier molecular flexibility index (Phi) is 5.44. The van der Waals surface area contributed by atoms with Crippen LogP contribution in [0.5, 0.6) is 11.5 Å². The molecule has 142 valence electrons. The lowest BCUT2D eigenvalue weighted by molar-refractivity contribution is -0.282. The molecule has 0 saturated carbocycles. The molecule has 2 heterocycles. The summed E-state index contributed by atoms with van der Waals surface area (Å²) in [5.74, 6) is 0.448. The normalized spacial score (nSPS) is 28.9. The molecule has 5 atom stereocenters. The van der Waals surface area contributed by atoms with E-state index < -0.39 is 42.9 Å². The molecule has 3 rings (SSSR count). The van der Waals surface area contributed by atoms with Gasteiger partial charge in [0.25, 0.3) is 0 Å². The fraction of sp³-hybridized carbons (Fsp3) is 0.471. The largest absolute Gasteiger partial charge is 0.493 e. The van der Waals surface area contributed by atoms with Crippen LogP contribution in [0.25, 0.3) is 11.0 Å². The van der Waals surface area contributed by atoms with Gasteiger partial charge in [-0.15, -0.1) is 0 Å². The SMILES string of the molecule is COc1cc2ccc(=O)oc2cc1O[C@@H]1O[C@H](CO)[C@@H](OC)[C@H](O)[C@H]1O. The Hall–Kier alpha value is -2.17. The molecule has 3 N–H and O–H groups in total. The van der Waals surface area contributed by atoms with Crippen LogP contribution in [0.3, 0.4) is 0 Å². The quantitative estimate of drug-likeness (QED) is 0.606. The van der Waals surface area contributed by atoms with Crippen molar-refractivity contribution in [3.8, 4) is 11.5 Å². The molecule has 9 heteroatoms. The van der Waals surface area contributed by atoms with Crippen LogP contribution in [0.2, 0.25) is 0 Å². The molecule has 0 radical (unpaired) electrons. The molecule has 2 aromatic rings. The van der Waals surface area contributed by atoms with E-state index in [1.807, 2.05) is 0 Å². The van der Waals surface area contributed by atoms with Crippen molar-refractivity contribution in [1.29, 1.82) is 0 Å². The van der Waals surface area contributed by atoms with Gasteiger partial charge in [0.15, 0.2) is 11.5 Å². The number of rotatable bonds is 5. The predicted molar refractivity (Wildman–Crippen MR) is 88.2 cm³/mol. The molecular weight excluding hydrogens is 348 g/mol. The molecule has 1 saturated heterocycles.